The molecule has 1 heterocycles. The number of carbonyl (C=O) groups excluding carboxylic acids is 1. The fourth-order valence-corrected chi connectivity index (χ4v) is 4.47. The molecule has 1 N–H and O–H groups in total. The maximum atomic E-state index is 12.2. The van der Waals surface area contributed by atoms with Gasteiger partial charge in [-0.05, 0) is 49.2 Å². The molecule has 0 fully saturated rings. The quantitative estimate of drug-likeness (QED) is 0.523. The molecule has 0 radical (unpaired) electrons. The van der Waals surface area contributed by atoms with Crippen LogP contribution >= 0.6 is 34.7 Å². The fraction of sp³-hybridized carbons (Fsp3) is 0.200. The highest BCUT2D eigenvalue weighted by Crippen LogP contribution is 2.28. The van der Waals surface area contributed by atoms with Gasteiger partial charge in [0.2, 0.25) is 5.91 Å². The summed E-state index contributed by atoms with van der Waals surface area (Å²) in [6.07, 6.45) is 0.267. The number of hydrogen-bond donors (Lipinski definition) is 1. The van der Waals surface area contributed by atoms with Crippen LogP contribution in [0.25, 0.3) is 0 Å². The van der Waals surface area contributed by atoms with Gasteiger partial charge in [-0.25, -0.2) is 4.98 Å². The Hall–Kier alpha value is -1.82. The zero-order valence-corrected chi connectivity index (χ0v) is 17.0. The van der Waals surface area contributed by atoms with Gasteiger partial charge in [0.25, 0.3) is 0 Å². The minimum atomic E-state index is -0.0799. The summed E-state index contributed by atoms with van der Waals surface area (Å²) in [5.74, 6) is 0.806. The second-order valence-corrected chi connectivity index (χ2v) is 8.57. The molecule has 3 aromatic rings. The molecule has 3 rings (SSSR count). The number of hydrogen-bond acceptors (Lipinski definition) is 4. The highest BCUT2D eigenvalue weighted by molar-refractivity contribution is 8.00. The Kier molecular flexibility index (Phi) is 6.35. The van der Waals surface area contributed by atoms with Gasteiger partial charge in [-0.2, -0.15) is 0 Å². The number of anilines is 1. The molecule has 0 unspecified atom stereocenters. The second kappa shape index (κ2) is 8.71. The lowest BCUT2D eigenvalue weighted by molar-refractivity contribution is -0.115. The summed E-state index contributed by atoms with van der Waals surface area (Å²) in [7, 11) is 0. The highest BCUT2D eigenvalue weighted by atomic mass is 35.5. The Labute approximate surface area is 166 Å². The Morgan fingerprint density at radius 1 is 1.19 bits per heavy atom. The number of benzene rings is 2. The summed E-state index contributed by atoms with van der Waals surface area (Å²) in [5, 5.41) is 5.46. The van der Waals surface area contributed by atoms with Crippen LogP contribution < -0.4 is 5.32 Å². The first-order chi connectivity index (χ1) is 12.5. The standard InChI is InChI=1S/C20H19ClN2OS2/c1-13-3-4-14(2)15(9-13)11-25-20-23-18(12-26-20)10-19(24)22-17-7-5-16(21)6-8-17/h3-9,12H,10-11H2,1-2H3,(H,22,24). The molecule has 3 nitrogen and oxygen atoms in total. The zero-order chi connectivity index (χ0) is 18.5. The van der Waals surface area contributed by atoms with E-state index in [0.29, 0.717) is 5.02 Å². The molecular weight excluding hydrogens is 384 g/mol. The van der Waals surface area contributed by atoms with Crippen molar-refractivity contribution in [3.63, 3.8) is 0 Å². The van der Waals surface area contributed by atoms with Crippen LogP contribution in [0.3, 0.4) is 0 Å². The molecule has 0 aliphatic heterocycles. The second-order valence-electron chi connectivity index (χ2n) is 6.06. The zero-order valence-electron chi connectivity index (χ0n) is 14.6. The van der Waals surface area contributed by atoms with Crippen molar-refractivity contribution in [2.24, 2.45) is 0 Å². The minimum absolute atomic E-state index is 0.0799. The Balaban J connectivity index is 1.55. The summed E-state index contributed by atoms with van der Waals surface area (Å²) in [5.41, 5.74) is 5.42. The van der Waals surface area contributed by atoms with Crippen LogP contribution in [-0.4, -0.2) is 10.9 Å². The fourth-order valence-electron chi connectivity index (χ4n) is 2.43. The van der Waals surface area contributed by atoms with E-state index in [9.17, 15) is 4.79 Å². The number of halogens is 1. The maximum absolute atomic E-state index is 12.2. The molecular formula is C20H19ClN2OS2. The normalized spacial score (nSPS) is 10.7. The van der Waals surface area contributed by atoms with E-state index in [2.05, 4.69) is 42.3 Å². The first kappa shape index (κ1) is 19.0. The molecule has 0 aliphatic rings. The molecule has 0 aliphatic carbocycles. The van der Waals surface area contributed by atoms with E-state index in [0.717, 1.165) is 21.5 Å². The van der Waals surface area contributed by atoms with Gasteiger partial charge < -0.3 is 5.32 Å². The van der Waals surface area contributed by atoms with Crippen LogP contribution in [0.2, 0.25) is 5.02 Å². The first-order valence-corrected chi connectivity index (χ1v) is 10.4. The van der Waals surface area contributed by atoms with Crippen LogP contribution in [0, 0.1) is 13.8 Å². The molecule has 0 bridgehead atoms. The molecule has 0 spiro atoms. The largest absolute Gasteiger partial charge is 0.326 e. The van der Waals surface area contributed by atoms with E-state index in [4.69, 9.17) is 11.6 Å². The number of aryl methyl sites for hydroxylation is 2. The van der Waals surface area contributed by atoms with Gasteiger partial charge in [-0.15, -0.1) is 11.3 Å². The van der Waals surface area contributed by atoms with E-state index in [-0.39, 0.29) is 12.3 Å². The molecule has 0 saturated carbocycles. The predicted molar refractivity (Wildman–Crippen MR) is 111 cm³/mol. The van der Waals surface area contributed by atoms with Crippen LogP contribution in [0.4, 0.5) is 5.69 Å². The van der Waals surface area contributed by atoms with Crippen molar-refractivity contribution in [2.45, 2.75) is 30.4 Å². The number of thioether (sulfide) groups is 1. The smallest absolute Gasteiger partial charge is 0.230 e. The van der Waals surface area contributed by atoms with Crippen molar-refractivity contribution < 1.29 is 4.79 Å². The number of aromatic nitrogens is 1. The van der Waals surface area contributed by atoms with Crippen molar-refractivity contribution in [1.82, 2.24) is 4.98 Å². The van der Waals surface area contributed by atoms with Gasteiger partial charge in [0.15, 0.2) is 0 Å². The summed E-state index contributed by atoms with van der Waals surface area (Å²) in [4.78, 5) is 16.7. The third-order valence-corrected chi connectivity index (χ3v) is 6.23. The summed E-state index contributed by atoms with van der Waals surface area (Å²) in [6, 6.07) is 13.6. The highest BCUT2D eigenvalue weighted by Gasteiger charge is 2.09. The molecule has 0 saturated heterocycles. The predicted octanol–water partition coefficient (Wildman–Crippen LogP) is 5.89. The Bertz CT molecular complexity index is 906. The van der Waals surface area contributed by atoms with E-state index < -0.39 is 0 Å². The molecule has 6 heteroatoms. The van der Waals surface area contributed by atoms with Crippen LogP contribution in [0.15, 0.2) is 52.2 Å². The van der Waals surface area contributed by atoms with E-state index >= 15 is 0 Å². The van der Waals surface area contributed by atoms with Gasteiger partial charge in [0.05, 0.1) is 12.1 Å². The van der Waals surface area contributed by atoms with E-state index in [1.54, 1.807) is 47.4 Å². The Morgan fingerprint density at radius 2 is 1.96 bits per heavy atom. The molecule has 1 aromatic heterocycles. The number of amides is 1. The van der Waals surface area contributed by atoms with Gasteiger partial charge in [-0.1, -0.05) is 47.1 Å². The van der Waals surface area contributed by atoms with Crippen molar-refractivity contribution in [3.8, 4) is 0 Å². The van der Waals surface area contributed by atoms with Crippen molar-refractivity contribution >= 4 is 46.3 Å². The number of thiazole rings is 1. The number of nitrogens with one attached hydrogen (secondary N) is 1. The lowest BCUT2D eigenvalue weighted by Crippen LogP contribution is -2.14. The maximum Gasteiger partial charge on any atom is 0.230 e. The molecule has 1 amide bonds. The minimum Gasteiger partial charge on any atom is -0.326 e. The number of nitrogens with zero attached hydrogens (tertiary/aromatic N) is 1. The molecule has 26 heavy (non-hydrogen) atoms. The topological polar surface area (TPSA) is 42.0 Å². The average Bonchev–Trinajstić information content (AvgIpc) is 3.05. The molecule has 2 aromatic carbocycles. The van der Waals surface area contributed by atoms with Crippen molar-refractivity contribution in [3.05, 3.63) is 75.3 Å². The van der Waals surface area contributed by atoms with Crippen molar-refractivity contribution in [2.75, 3.05) is 5.32 Å². The van der Waals surface area contributed by atoms with Gasteiger partial charge in [0, 0.05) is 21.8 Å². The van der Waals surface area contributed by atoms with Crippen molar-refractivity contribution in [1.29, 1.82) is 0 Å². The third kappa shape index (κ3) is 5.34. The van der Waals surface area contributed by atoms with Crippen LogP contribution in [-0.2, 0) is 17.0 Å². The first-order valence-electron chi connectivity index (χ1n) is 8.18. The van der Waals surface area contributed by atoms with Gasteiger partial charge in [0.1, 0.15) is 4.34 Å². The lowest BCUT2D eigenvalue weighted by Gasteiger charge is -2.05. The lowest BCUT2D eigenvalue weighted by atomic mass is 10.1. The average molecular weight is 403 g/mol. The van der Waals surface area contributed by atoms with Crippen LogP contribution in [0.5, 0.6) is 0 Å². The Morgan fingerprint density at radius 3 is 2.73 bits per heavy atom. The molecule has 0 atom stereocenters. The van der Waals surface area contributed by atoms with E-state index in [1.165, 1.54) is 16.7 Å². The summed E-state index contributed by atoms with van der Waals surface area (Å²) < 4.78 is 0.986. The van der Waals surface area contributed by atoms with Gasteiger partial charge >= 0.3 is 0 Å². The monoisotopic (exact) mass is 402 g/mol. The van der Waals surface area contributed by atoms with E-state index in [1.807, 2.05) is 5.38 Å². The summed E-state index contributed by atoms with van der Waals surface area (Å²) in [6.45, 7) is 4.23. The number of rotatable bonds is 6. The SMILES string of the molecule is Cc1ccc(C)c(CSc2nc(CC(=O)Nc3ccc(Cl)cc3)cs2)c1. The molecule has 134 valence electrons. The third-order valence-electron chi connectivity index (χ3n) is 3.86. The van der Waals surface area contributed by atoms with Gasteiger partial charge in [-0.3, -0.25) is 4.79 Å². The number of carbonyl (C=O) groups is 1. The van der Waals surface area contributed by atoms with Crippen LogP contribution in [0.1, 0.15) is 22.4 Å². The summed E-state index contributed by atoms with van der Waals surface area (Å²) >= 11 is 9.14.